The molecule has 0 unspecified atom stereocenters. The summed E-state index contributed by atoms with van der Waals surface area (Å²) in [5, 5.41) is 3.18. The van der Waals surface area contributed by atoms with Crippen LogP contribution in [0.2, 0.25) is 0 Å². The van der Waals surface area contributed by atoms with Crippen molar-refractivity contribution in [2.75, 3.05) is 20.2 Å². The van der Waals surface area contributed by atoms with E-state index in [9.17, 15) is 0 Å². The lowest BCUT2D eigenvalue weighted by atomic mass is 10.1. The maximum atomic E-state index is 5.33. The lowest BCUT2D eigenvalue weighted by Crippen LogP contribution is -2.36. The monoisotopic (exact) mass is 177 g/mol. The SMILES string of the molecule is COC(C)(C)CNC/C=C/Cl. The summed E-state index contributed by atoms with van der Waals surface area (Å²) in [6.45, 7) is 5.68. The van der Waals surface area contributed by atoms with Crippen LogP contribution >= 0.6 is 11.6 Å². The van der Waals surface area contributed by atoms with E-state index in [0.717, 1.165) is 13.1 Å². The molecule has 0 saturated carbocycles. The van der Waals surface area contributed by atoms with E-state index in [1.807, 2.05) is 19.9 Å². The van der Waals surface area contributed by atoms with Crippen LogP contribution in [-0.4, -0.2) is 25.8 Å². The molecule has 0 saturated heterocycles. The second-order valence-corrected chi connectivity index (χ2v) is 3.21. The molecule has 0 aromatic carbocycles. The van der Waals surface area contributed by atoms with Crippen LogP contribution in [0.1, 0.15) is 13.8 Å². The number of ether oxygens (including phenoxy) is 1. The van der Waals surface area contributed by atoms with Crippen molar-refractivity contribution in [2.24, 2.45) is 0 Å². The van der Waals surface area contributed by atoms with Gasteiger partial charge in [0.05, 0.1) is 5.60 Å². The van der Waals surface area contributed by atoms with Crippen molar-refractivity contribution >= 4 is 11.6 Å². The fraction of sp³-hybridized carbons (Fsp3) is 0.750. The van der Waals surface area contributed by atoms with Crippen LogP contribution < -0.4 is 5.32 Å². The molecule has 1 N–H and O–H groups in total. The highest BCUT2D eigenvalue weighted by atomic mass is 35.5. The Balaban J connectivity index is 3.37. The third kappa shape index (κ3) is 6.35. The molecule has 3 heteroatoms. The van der Waals surface area contributed by atoms with E-state index in [0.29, 0.717) is 0 Å². The zero-order valence-electron chi connectivity index (χ0n) is 7.36. The lowest BCUT2D eigenvalue weighted by molar-refractivity contribution is 0.0241. The van der Waals surface area contributed by atoms with Crippen LogP contribution in [0.15, 0.2) is 11.6 Å². The fourth-order valence-corrected chi connectivity index (χ4v) is 0.662. The Hall–Kier alpha value is -0.0500. The van der Waals surface area contributed by atoms with Gasteiger partial charge in [-0.25, -0.2) is 0 Å². The number of nitrogens with one attached hydrogen (secondary N) is 1. The standard InChI is InChI=1S/C8H16ClNO/c1-8(2,11-3)7-10-6-4-5-9/h4-5,10H,6-7H2,1-3H3/b5-4+. The summed E-state index contributed by atoms with van der Waals surface area (Å²) >= 11 is 5.33. The molecule has 2 nitrogen and oxygen atoms in total. The largest absolute Gasteiger partial charge is 0.377 e. The fourth-order valence-electron chi connectivity index (χ4n) is 0.573. The highest BCUT2D eigenvalue weighted by Gasteiger charge is 2.14. The molecule has 0 radical (unpaired) electrons. The molecule has 0 amide bonds. The van der Waals surface area contributed by atoms with Gasteiger partial charge in [-0.2, -0.15) is 0 Å². The van der Waals surface area contributed by atoms with Crippen molar-refractivity contribution < 1.29 is 4.74 Å². The Morgan fingerprint density at radius 3 is 2.64 bits per heavy atom. The molecule has 0 rings (SSSR count). The number of halogens is 1. The van der Waals surface area contributed by atoms with Gasteiger partial charge < -0.3 is 10.1 Å². The van der Waals surface area contributed by atoms with E-state index in [2.05, 4.69) is 5.32 Å². The molecule has 0 aromatic heterocycles. The molecule has 0 fully saturated rings. The van der Waals surface area contributed by atoms with Crippen molar-refractivity contribution in [1.82, 2.24) is 5.32 Å². The van der Waals surface area contributed by atoms with Crippen LogP contribution in [0.25, 0.3) is 0 Å². The topological polar surface area (TPSA) is 21.3 Å². The minimum Gasteiger partial charge on any atom is -0.377 e. The zero-order valence-corrected chi connectivity index (χ0v) is 8.11. The molecule has 0 aliphatic carbocycles. The summed E-state index contributed by atoms with van der Waals surface area (Å²) in [4.78, 5) is 0. The van der Waals surface area contributed by atoms with Crippen LogP contribution in [0, 0.1) is 0 Å². The van der Waals surface area contributed by atoms with Gasteiger partial charge in [-0.05, 0) is 13.8 Å². The van der Waals surface area contributed by atoms with Crippen LogP contribution in [0.3, 0.4) is 0 Å². The van der Waals surface area contributed by atoms with Gasteiger partial charge in [0, 0.05) is 25.7 Å². The highest BCUT2D eigenvalue weighted by Crippen LogP contribution is 2.03. The number of methoxy groups -OCH3 is 1. The van der Waals surface area contributed by atoms with Gasteiger partial charge in [-0.15, -0.1) is 0 Å². The molecule has 0 aromatic rings. The maximum Gasteiger partial charge on any atom is 0.0746 e. The van der Waals surface area contributed by atoms with Crippen molar-refractivity contribution in [2.45, 2.75) is 19.4 Å². The molecule has 66 valence electrons. The average Bonchev–Trinajstić information content (AvgIpc) is 1.99. The van der Waals surface area contributed by atoms with E-state index in [4.69, 9.17) is 16.3 Å². The normalized spacial score (nSPS) is 12.7. The summed E-state index contributed by atoms with van der Waals surface area (Å²) in [5.41, 5.74) is 1.41. The summed E-state index contributed by atoms with van der Waals surface area (Å²) in [6, 6.07) is 0. The van der Waals surface area contributed by atoms with Crippen molar-refractivity contribution in [3.63, 3.8) is 0 Å². The quantitative estimate of drug-likeness (QED) is 0.647. The van der Waals surface area contributed by atoms with Crippen molar-refractivity contribution in [3.05, 3.63) is 11.6 Å². The first kappa shape index (κ1) is 11.0. The molecule has 0 heterocycles. The van der Waals surface area contributed by atoms with Gasteiger partial charge >= 0.3 is 0 Å². The van der Waals surface area contributed by atoms with Gasteiger partial charge in [0.2, 0.25) is 0 Å². The van der Waals surface area contributed by atoms with Crippen LogP contribution in [-0.2, 0) is 4.74 Å². The van der Waals surface area contributed by atoms with Crippen LogP contribution in [0.5, 0.6) is 0 Å². The van der Waals surface area contributed by atoms with Crippen LogP contribution in [0.4, 0.5) is 0 Å². The Morgan fingerprint density at radius 1 is 1.55 bits per heavy atom. The molecule has 11 heavy (non-hydrogen) atoms. The molecule has 0 aliphatic heterocycles. The Labute approximate surface area is 73.6 Å². The third-order valence-corrected chi connectivity index (χ3v) is 1.63. The molecular weight excluding hydrogens is 162 g/mol. The molecule has 0 atom stereocenters. The predicted octanol–water partition coefficient (Wildman–Crippen LogP) is 1.75. The van der Waals surface area contributed by atoms with E-state index < -0.39 is 0 Å². The van der Waals surface area contributed by atoms with E-state index in [-0.39, 0.29) is 5.60 Å². The second-order valence-electron chi connectivity index (χ2n) is 2.96. The van der Waals surface area contributed by atoms with Gasteiger partial charge in [-0.3, -0.25) is 0 Å². The van der Waals surface area contributed by atoms with Crippen molar-refractivity contribution in [3.8, 4) is 0 Å². The summed E-state index contributed by atoms with van der Waals surface area (Å²) in [6.07, 6.45) is 1.85. The predicted molar refractivity (Wildman–Crippen MR) is 49.0 cm³/mol. The van der Waals surface area contributed by atoms with Gasteiger partial charge in [0.15, 0.2) is 0 Å². The third-order valence-electron chi connectivity index (χ3n) is 1.45. The Bertz CT molecular complexity index is 123. The van der Waals surface area contributed by atoms with Gasteiger partial charge in [0.25, 0.3) is 0 Å². The van der Waals surface area contributed by atoms with Gasteiger partial charge in [0.1, 0.15) is 0 Å². The van der Waals surface area contributed by atoms with E-state index >= 15 is 0 Å². The van der Waals surface area contributed by atoms with Gasteiger partial charge in [-0.1, -0.05) is 17.7 Å². The number of hydrogen-bond donors (Lipinski definition) is 1. The first-order chi connectivity index (χ1) is 5.12. The van der Waals surface area contributed by atoms with E-state index in [1.54, 1.807) is 7.11 Å². The van der Waals surface area contributed by atoms with Crippen molar-refractivity contribution in [1.29, 1.82) is 0 Å². The molecule has 0 aliphatic rings. The summed E-state index contributed by atoms with van der Waals surface area (Å²) in [7, 11) is 1.71. The highest BCUT2D eigenvalue weighted by molar-refractivity contribution is 6.25. The Kier molecular flexibility index (Phi) is 5.56. The molecular formula is C8H16ClNO. The zero-order chi connectivity index (χ0) is 8.74. The molecule has 0 spiro atoms. The Morgan fingerprint density at radius 2 is 2.18 bits per heavy atom. The lowest BCUT2D eigenvalue weighted by Gasteiger charge is -2.22. The number of hydrogen-bond acceptors (Lipinski definition) is 2. The molecule has 0 bridgehead atoms. The summed E-state index contributed by atoms with van der Waals surface area (Å²) < 4.78 is 5.20. The minimum atomic E-state index is -0.0971. The first-order valence-corrected chi connectivity index (χ1v) is 4.07. The smallest absolute Gasteiger partial charge is 0.0746 e. The maximum absolute atomic E-state index is 5.33. The second kappa shape index (κ2) is 5.58. The summed E-state index contributed by atoms with van der Waals surface area (Å²) in [5.74, 6) is 0. The first-order valence-electron chi connectivity index (χ1n) is 3.63. The minimum absolute atomic E-state index is 0.0971. The van der Waals surface area contributed by atoms with E-state index in [1.165, 1.54) is 5.54 Å². The average molecular weight is 178 g/mol. The number of rotatable bonds is 5.